The third kappa shape index (κ3) is 5.57. The number of piperidine rings is 1. The molecule has 138 valence electrons. The quantitative estimate of drug-likeness (QED) is 0.786. The van der Waals surface area contributed by atoms with Crippen molar-refractivity contribution in [2.45, 2.75) is 25.3 Å². The number of ether oxygens (including phenoxy) is 2. The number of urea groups is 1. The molecule has 1 aromatic heterocycles. The predicted molar refractivity (Wildman–Crippen MR) is 94.7 cm³/mol. The minimum Gasteiger partial charge on any atom is -0.492 e. The summed E-state index contributed by atoms with van der Waals surface area (Å²) in [6.45, 7) is 6.58. The standard InChI is InChI=1S/C18H28N4O3/c23-18(20-7-2-12-25-17-3-1-6-19-15-17)22-8-4-16(5-9-22)21-10-13-24-14-11-21/h1,3,6,15-16H,2,4-5,7-14H2,(H,20,23). The maximum atomic E-state index is 12.2. The van der Waals surface area contributed by atoms with Crippen molar-refractivity contribution in [2.75, 3.05) is 52.5 Å². The second-order valence-electron chi connectivity index (χ2n) is 6.49. The lowest BCUT2D eigenvalue weighted by molar-refractivity contribution is 0.00380. The van der Waals surface area contributed by atoms with Crippen molar-refractivity contribution >= 4 is 6.03 Å². The zero-order valence-electron chi connectivity index (χ0n) is 14.7. The molecule has 0 aliphatic carbocycles. The summed E-state index contributed by atoms with van der Waals surface area (Å²) in [6.07, 6.45) is 6.30. The van der Waals surface area contributed by atoms with Gasteiger partial charge in [-0.05, 0) is 31.4 Å². The monoisotopic (exact) mass is 348 g/mol. The predicted octanol–water partition coefficient (Wildman–Crippen LogP) is 1.36. The van der Waals surface area contributed by atoms with E-state index < -0.39 is 0 Å². The Hall–Kier alpha value is -1.86. The molecule has 2 aliphatic rings. The van der Waals surface area contributed by atoms with Gasteiger partial charge in [0.15, 0.2) is 0 Å². The summed E-state index contributed by atoms with van der Waals surface area (Å²) in [5, 5.41) is 2.99. The number of likely N-dealkylation sites (tertiary alicyclic amines) is 1. The smallest absolute Gasteiger partial charge is 0.317 e. The topological polar surface area (TPSA) is 66.9 Å². The number of nitrogens with one attached hydrogen (secondary N) is 1. The molecule has 1 aromatic rings. The molecule has 2 saturated heterocycles. The Morgan fingerprint density at radius 1 is 1.28 bits per heavy atom. The van der Waals surface area contributed by atoms with Crippen LogP contribution < -0.4 is 10.1 Å². The normalized spacial score (nSPS) is 19.6. The van der Waals surface area contributed by atoms with Crippen molar-refractivity contribution in [3.05, 3.63) is 24.5 Å². The number of aromatic nitrogens is 1. The molecule has 0 unspecified atom stereocenters. The molecule has 2 aliphatic heterocycles. The summed E-state index contributed by atoms with van der Waals surface area (Å²) in [6, 6.07) is 4.37. The largest absolute Gasteiger partial charge is 0.492 e. The number of carbonyl (C=O) groups is 1. The molecule has 3 heterocycles. The van der Waals surface area contributed by atoms with Gasteiger partial charge >= 0.3 is 6.03 Å². The van der Waals surface area contributed by atoms with Gasteiger partial charge < -0.3 is 19.7 Å². The van der Waals surface area contributed by atoms with Crippen LogP contribution in [0.15, 0.2) is 24.5 Å². The minimum absolute atomic E-state index is 0.0433. The third-order valence-corrected chi connectivity index (χ3v) is 4.81. The van der Waals surface area contributed by atoms with E-state index in [0.717, 1.165) is 64.4 Å². The number of hydrogen-bond acceptors (Lipinski definition) is 5. The molecule has 2 amide bonds. The lowest BCUT2D eigenvalue weighted by Crippen LogP contribution is -2.51. The van der Waals surface area contributed by atoms with Crippen LogP contribution in [-0.4, -0.2) is 79.4 Å². The zero-order valence-corrected chi connectivity index (χ0v) is 14.7. The molecule has 0 radical (unpaired) electrons. The summed E-state index contributed by atoms with van der Waals surface area (Å²) in [5.74, 6) is 0.763. The van der Waals surface area contributed by atoms with Crippen molar-refractivity contribution in [1.82, 2.24) is 20.1 Å². The fourth-order valence-electron chi connectivity index (χ4n) is 3.38. The summed E-state index contributed by atoms with van der Waals surface area (Å²) >= 11 is 0. The van der Waals surface area contributed by atoms with Crippen LogP contribution in [0.4, 0.5) is 4.79 Å². The Kier molecular flexibility index (Phi) is 6.88. The molecule has 3 rings (SSSR count). The van der Waals surface area contributed by atoms with Gasteiger partial charge in [0.05, 0.1) is 26.0 Å². The SMILES string of the molecule is O=C(NCCCOc1cccnc1)N1CCC(N2CCOCC2)CC1. The number of morpholine rings is 1. The minimum atomic E-state index is 0.0433. The number of amides is 2. The lowest BCUT2D eigenvalue weighted by atomic mass is 10.0. The van der Waals surface area contributed by atoms with Crippen LogP contribution in [0.25, 0.3) is 0 Å². The van der Waals surface area contributed by atoms with Crippen LogP contribution >= 0.6 is 0 Å². The highest BCUT2D eigenvalue weighted by atomic mass is 16.5. The number of hydrogen-bond donors (Lipinski definition) is 1. The molecule has 0 aromatic carbocycles. The van der Waals surface area contributed by atoms with Crippen molar-refractivity contribution in [2.24, 2.45) is 0 Å². The zero-order chi connectivity index (χ0) is 17.3. The second kappa shape index (κ2) is 9.58. The summed E-state index contributed by atoms with van der Waals surface area (Å²) in [5.41, 5.74) is 0. The van der Waals surface area contributed by atoms with Crippen molar-refractivity contribution in [1.29, 1.82) is 0 Å². The van der Waals surface area contributed by atoms with Gasteiger partial charge in [0.1, 0.15) is 5.75 Å². The molecule has 0 atom stereocenters. The van der Waals surface area contributed by atoms with Crippen LogP contribution in [0.5, 0.6) is 5.75 Å². The molecular weight excluding hydrogens is 320 g/mol. The molecule has 2 fully saturated rings. The van der Waals surface area contributed by atoms with E-state index in [1.54, 1.807) is 12.4 Å². The van der Waals surface area contributed by atoms with E-state index in [2.05, 4.69) is 15.2 Å². The number of pyridine rings is 1. The first-order valence-electron chi connectivity index (χ1n) is 9.20. The highest BCUT2D eigenvalue weighted by molar-refractivity contribution is 5.74. The Labute approximate surface area is 149 Å². The van der Waals surface area contributed by atoms with E-state index in [-0.39, 0.29) is 6.03 Å². The van der Waals surface area contributed by atoms with Crippen molar-refractivity contribution in [3.8, 4) is 5.75 Å². The van der Waals surface area contributed by atoms with Gasteiger partial charge in [-0.25, -0.2) is 4.79 Å². The average Bonchev–Trinajstić information content (AvgIpc) is 2.69. The fourth-order valence-corrected chi connectivity index (χ4v) is 3.38. The molecule has 7 nitrogen and oxygen atoms in total. The van der Waals surface area contributed by atoms with Gasteiger partial charge in [-0.1, -0.05) is 0 Å². The molecule has 7 heteroatoms. The Morgan fingerprint density at radius 3 is 2.80 bits per heavy atom. The van der Waals surface area contributed by atoms with E-state index >= 15 is 0 Å². The maximum absolute atomic E-state index is 12.2. The lowest BCUT2D eigenvalue weighted by Gasteiger charge is -2.40. The summed E-state index contributed by atoms with van der Waals surface area (Å²) in [7, 11) is 0. The van der Waals surface area contributed by atoms with E-state index in [1.807, 2.05) is 17.0 Å². The summed E-state index contributed by atoms with van der Waals surface area (Å²) in [4.78, 5) is 20.7. The number of carbonyl (C=O) groups excluding carboxylic acids is 1. The van der Waals surface area contributed by atoms with E-state index in [0.29, 0.717) is 19.2 Å². The maximum Gasteiger partial charge on any atom is 0.317 e. The van der Waals surface area contributed by atoms with Gasteiger partial charge in [0.25, 0.3) is 0 Å². The number of nitrogens with zero attached hydrogens (tertiary/aromatic N) is 3. The first-order chi connectivity index (χ1) is 12.3. The second-order valence-corrected chi connectivity index (χ2v) is 6.49. The third-order valence-electron chi connectivity index (χ3n) is 4.81. The Balaban J connectivity index is 1.27. The van der Waals surface area contributed by atoms with Gasteiger partial charge in [-0.3, -0.25) is 9.88 Å². The Bertz CT molecular complexity index is 514. The summed E-state index contributed by atoms with van der Waals surface area (Å²) < 4.78 is 11.0. The first-order valence-corrected chi connectivity index (χ1v) is 9.20. The molecule has 0 bridgehead atoms. The molecule has 0 spiro atoms. The van der Waals surface area contributed by atoms with E-state index in [4.69, 9.17) is 9.47 Å². The van der Waals surface area contributed by atoms with E-state index in [9.17, 15) is 4.79 Å². The van der Waals surface area contributed by atoms with Gasteiger partial charge in [0.2, 0.25) is 0 Å². The van der Waals surface area contributed by atoms with Gasteiger partial charge in [-0.2, -0.15) is 0 Å². The van der Waals surface area contributed by atoms with Crippen molar-refractivity contribution in [3.63, 3.8) is 0 Å². The molecule has 1 N–H and O–H groups in total. The molecule has 0 saturated carbocycles. The molecule has 25 heavy (non-hydrogen) atoms. The average molecular weight is 348 g/mol. The van der Waals surface area contributed by atoms with Crippen LogP contribution in [0, 0.1) is 0 Å². The van der Waals surface area contributed by atoms with Crippen LogP contribution in [0.3, 0.4) is 0 Å². The highest BCUT2D eigenvalue weighted by Crippen LogP contribution is 2.17. The van der Waals surface area contributed by atoms with E-state index in [1.165, 1.54) is 0 Å². The van der Waals surface area contributed by atoms with Gasteiger partial charge in [-0.15, -0.1) is 0 Å². The Morgan fingerprint density at radius 2 is 2.08 bits per heavy atom. The van der Waals surface area contributed by atoms with Crippen LogP contribution in [-0.2, 0) is 4.74 Å². The highest BCUT2D eigenvalue weighted by Gasteiger charge is 2.27. The van der Waals surface area contributed by atoms with Gasteiger partial charge in [0, 0.05) is 45.0 Å². The van der Waals surface area contributed by atoms with Crippen LogP contribution in [0.1, 0.15) is 19.3 Å². The van der Waals surface area contributed by atoms with Crippen molar-refractivity contribution < 1.29 is 14.3 Å². The van der Waals surface area contributed by atoms with Crippen LogP contribution in [0.2, 0.25) is 0 Å². The fraction of sp³-hybridized carbons (Fsp3) is 0.667. The first kappa shape index (κ1) is 17.9. The molecular formula is C18H28N4O3. The number of rotatable bonds is 6.